The maximum atomic E-state index is 12.7. The van der Waals surface area contributed by atoms with Crippen LogP contribution in [0.25, 0.3) is 0 Å². The van der Waals surface area contributed by atoms with Crippen molar-refractivity contribution < 1.29 is 9.59 Å². The number of amides is 2. The van der Waals surface area contributed by atoms with Crippen LogP contribution in [0.5, 0.6) is 0 Å². The fourth-order valence-electron chi connectivity index (χ4n) is 3.06. The summed E-state index contributed by atoms with van der Waals surface area (Å²) in [5, 5.41) is 2.90. The van der Waals surface area contributed by atoms with Gasteiger partial charge in [-0.1, -0.05) is 58.0 Å². The molecule has 0 bridgehead atoms. The maximum absolute atomic E-state index is 12.7. The molecule has 1 unspecified atom stereocenters. The van der Waals surface area contributed by atoms with Crippen LogP contribution in [0.1, 0.15) is 44.2 Å². The third-order valence-corrected chi connectivity index (χ3v) is 5.82. The van der Waals surface area contributed by atoms with Crippen molar-refractivity contribution >= 4 is 35.0 Å². The molecule has 1 fully saturated rings. The minimum absolute atomic E-state index is 0.0250. The first kappa shape index (κ1) is 19.5. The number of carbonyl (C=O) groups excluding carboxylic acids is 2. The monoisotopic (exact) mass is 382 g/mol. The standard InChI is InChI=1S/C22H26N2O2S/c1-5-15-9-6-7-12-18(15)24-19(25)14-27-20(24)16-10-8-11-17(13-16)23-21(26)22(2,3)4/h6-13,20H,5,14H2,1-4H3,(H,23,26). The molecule has 1 aliphatic rings. The molecule has 2 aromatic carbocycles. The van der Waals surface area contributed by atoms with Gasteiger partial charge in [0.1, 0.15) is 5.37 Å². The van der Waals surface area contributed by atoms with Gasteiger partial charge >= 0.3 is 0 Å². The molecule has 142 valence electrons. The third kappa shape index (κ3) is 4.19. The predicted molar refractivity (Wildman–Crippen MR) is 113 cm³/mol. The van der Waals surface area contributed by atoms with E-state index in [2.05, 4.69) is 18.3 Å². The van der Waals surface area contributed by atoms with Gasteiger partial charge in [-0.2, -0.15) is 0 Å². The first-order valence-corrected chi connectivity index (χ1v) is 10.3. The van der Waals surface area contributed by atoms with Crippen LogP contribution in [-0.2, 0) is 16.0 Å². The fourth-order valence-corrected chi connectivity index (χ4v) is 4.22. The molecule has 2 amide bonds. The second-order valence-corrected chi connectivity index (χ2v) is 8.81. The highest BCUT2D eigenvalue weighted by atomic mass is 32.2. The Balaban J connectivity index is 1.92. The second-order valence-electron chi connectivity index (χ2n) is 7.74. The van der Waals surface area contributed by atoms with Gasteiger partial charge in [-0.25, -0.2) is 0 Å². The van der Waals surface area contributed by atoms with Crippen molar-refractivity contribution in [2.45, 2.75) is 39.5 Å². The zero-order valence-electron chi connectivity index (χ0n) is 16.3. The molecule has 27 heavy (non-hydrogen) atoms. The molecule has 1 heterocycles. The fraction of sp³-hybridized carbons (Fsp3) is 0.364. The summed E-state index contributed by atoms with van der Waals surface area (Å²) in [5.41, 5.74) is 3.46. The molecule has 0 saturated carbocycles. The molecule has 0 aromatic heterocycles. The van der Waals surface area contributed by atoms with Crippen LogP contribution in [0.3, 0.4) is 0 Å². The number of hydrogen-bond donors (Lipinski definition) is 1. The van der Waals surface area contributed by atoms with Crippen molar-refractivity contribution in [3.8, 4) is 0 Å². The quantitative estimate of drug-likeness (QED) is 0.808. The van der Waals surface area contributed by atoms with Crippen molar-refractivity contribution in [1.82, 2.24) is 0 Å². The number of hydrogen-bond acceptors (Lipinski definition) is 3. The summed E-state index contributed by atoms with van der Waals surface area (Å²) >= 11 is 1.62. The summed E-state index contributed by atoms with van der Waals surface area (Å²) in [6.45, 7) is 7.77. The molecule has 0 radical (unpaired) electrons. The normalized spacial score (nSPS) is 17.3. The number of benzene rings is 2. The highest BCUT2D eigenvalue weighted by Crippen LogP contribution is 2.43. The number of aryl methyl sites for hydroxylation is 1. The Kier molecular flexibility index (Phi) is 5.61. The van der Waals surface area contributed by atoms with Gasteiger partial charge in [0.2, 0.25) is 11.8 Å². The highest BCUT2D eigenvalue weighted by Gasteiger charge is 2.35. The van der Waals surface area contributed by atoms with Gasteiger partial charge in [0.05, 0.1) is 5.75 Å². The molecule has 1 saturated heterocycles. The lowest BCUT2D eigenvalue weighted by atomic mass is 9.95. The van der Waals surface area contributed by atoms with Crippen LogP contribution in [0.2, 0.25) is 0 Å². The SMILES string of the molecule is CCc1ccccc1N1C(=O)CSC1c1cccc(NC(=O)C(C)(C)C)c1. The van der Waals surface area contributed by atoms with Crippen LogP contribution in [-0.4, -0.2) is 17.6 Å². The summed E-state index contributed by atoms with van der Waals surface area (Å²) in [6, 6.07) is 15.9. The van der Waals surface area contributed by atoms with E-state index in [0.29, 0.717) is 5.75 Å². The second kappa shape index (κ2) is 7.77. The minimum atomic E-state index is -0.458. The number of para-hydroxylation sites is 1. The van der Waals surface area contributed by atoms with Crippen LogP contribution in [0.4, 0.5) is 11.4 Å². The molecule has 3 rings (SSSR count). The molecule has 1 atom stereocenters. The number of thioether (sulfide) groups is 1. The number of nitrogens with one attached hydrogen (secondary N) is 1. The smallest absolute Gasteiger partial charge is 0.238 e. The van der Waals surface area contributed by atoms with E-state index >= 15 is 0 Å². The number of anilines is 2. The molecule has 1 aliphatic heterocycles. The largest absolute Gasteiger partial charge is 0.326 e. The topological polar surface area (TPSA) is 49.4 Å². The van der Waals surface area contributed by atoms with E-state index < -0.39 is 5.41 Å². The number of nitrogens with zero attached hydrogens (tertiary/aromatic N) is 1. The zero-order valence-corrected chi connectivity index (χ0v) is 17.1. The van der Waals surface area contributed by atoms with E-state index in [1.165, 1.54) is 0 Å². The molecule has 2 aromatic rings. The summed E-state index contributed by atoms with van der Waals surface area (Å²) in [6.07, 6.45) is 0.874. The van der Waals surface area contributed by atoms with Crippen molar-refractivity contribution in [3.63, 3.8) is 0 Å². The first-order chi connectivity index (χ1) is 12.8. The molecule has 1 N–H and O–H groups in total. The Morgan fingerprint density at radius 2 is 1.93 bits per heavy atom. The summed E-state index contributed by atoms with van der Waals surface area (Å²) in [5.74, 6) is 0.555. The molecular formula is C22H26N2O2S. The van der Waals surface area contributed by atoms with Crippen molar-refractivity contribution in [3.05, 3.63) is 59.7 Å². The zero-order chi connectivity index (χ0) is 19.6. The van der Waals surface area contributed by atoms with Crippen LogP contribution in [0, 0.1) is 5.41 Å². The van der Waals surface area contributed by atoms with Gasteiger partial charge in [0, 0.05) is 16.8 Å². The maximum Gasteiger partial charge on any atom is 0.238 e. The van der Waals surface area contributed by atoms with E-state index in [1.807, 2.05) is 68.1 Å². The lowest BCUT2D eigenvalue weighted by Gasteiger charge is -2.27. The molecule has 5 heteroatoms. The number of rotatable bonds is 4. The van der Waals surface area contributed by atoms with Crippen LogP contribution < -0.4 is 10.2 Å². The van der Waals surface area contributed by atoms with Crippen molar-refractivity contribution in [2.24, 2.45) is 5.41 Å². The Bertz CT molecular complexity index is 857. The van der Waals surface area contributed by atoms with Gasteiger partial charge < -0.3 is 5.32 Å². The molecule has 0 spiro atoms. The summed E-state index contributed by atoms with van der Waals surface area (Å²) < 4.78 is 0. The predicted octanol–water partition coefficient (Wildman–Crippen LogP) is 5.01. The summed E-state index contributed by atoms with van der Waals surface area (Å²) in [7, 11) is 0. The van der Waals surface area contributed by atoms with Gasteiger partial charge in [-0.15, -0.1) is 11.8 Å². The van der Waals surface area contributed by atoms with E-state index in [9.17, 15) is 9.59 Å². The van der Waals surface area contributed by atoms with Gasteiger partial charge in [0.15, 0.2) is 0 Å². The van der Waals surface area contributed by atoms with Gasteiger partial charge in [-0.05, 0) is 35.7 Å². The van der Waals surface area contributed by atoms with Crippen LogP contribution in [0.15, 0.2) is 48.5 Å². The third-order valence-electron chi connectivity index (χ3n) is 4.61. The van der Waals surface area contributed by atoms with E-state index in [4.69, 9.17) is 0 Å². The highest BCUT2D eigenvalue weighted by molar-refractivity contribution is 8.00. The lowest BCUT2D eigenvalue weighted by molar-refractivity contribution is -0.123. The summed E-state index contributed by atoms with van der Waals surface area (Å²) in [4.78, 5) is 26.9. The average Bonchev–Trinajstić information content (AvgIpc) is 3.02. The van der Waals surface area contributed by atoms with Gasteiger partial charge in [-0.3, -0.25) is 14.5 Å². The van der Waals surface area contributed by atoms with E-state index in [1.54, 1.807) is 11.8 Å². The Labute approximate surface area is 165 Å². The average molecular weight is 383 g/mol. The Morgan fingerprint density at radius 3 is 2.63 bits per heavy atom. The molecule has 4 nitrogen and oxygen atoms in total. The first-order valence-electron chi connectivity index (χ1n) is 9.24. The van der Waals surface area contributed by atoms with E-state index in [0.717, 1.165) is 28.9 Å². The minimum Gasteiger partial charge on any atom is -0.326 e. The van der Waals surface area contributed by atoms with Crippen LogP contribution >= 0.6 is 11.8 Å². The Hall–Kier alpha value is -2.27. The van der Waals surface area contributed by atoms with Crippen molar-refractivity contribution in [1.29, 1.82) is 0 Å². The van der Waals surface area contributed by atoms with Crippen molar-refractivity contribution in [2.75, 3.05) is 16.0 Å². The molecular weight excluding hydrogens is 356 g/mol. The molecule has 0 aliphatic carbocycles. The van der Waals surface area contributed by atoms with E-state index in [-0.39, 0.29) is 17.2 Å². The number of carbonyl (C=O) groups is 2. The van der Waals surface area contributed by atoms with Gasteiger partial charge in [0.25, 0.3) is 0 Å². The lowest BCUT2D eigenvalue weighted by Crippen LogP contribution is -2.29. The Morgan fingerprint density at radius 1 is 1.19 bits per heavy atom.